The van der Waals surface area contributed by atoms with E-state index in [1.165, 1.54) is 6.07 Å². The molecule has 2 aromatic rings. The predicted octanol–water partition coefficient (Wildman–Crippen LogP) is 1.07. The SMILES string of the molecule is CC(CCCN=C(N)N)NC(=O)c1ccn(Cc2ccccc2)c(=O)c1. The zero-order valence-corrected chi connectivity index (χ0v) is 14.9. The topological polar surface area (TPSA) is 116 Å². The zero-order chi connectivity index (χ0) is 18.9. The molecule has 0 fully saturated rings. The molecule has 2 rings (SSSR count). The van der Waals surface area contributed by atoms with E-state index in [1.54, 1.807) is 16.8 Å². The number of aromatic nitrogens is 1. The van der Waals surface area contributed by atoms with E-state index in [9.17, 15) is 9.59 Å². The fourth-order valence-corrected chi connectivity index (χ4v) is 2.54. The van der Waals surface area contributed by atoms with Crippen LogP contribution in [-0.4, -0.2) is 29.0 Å². The van der Waals surface area contributed by atoms with Gasteiger partial charge >= 0.3 is 0 Å². The molecule has 0 radical (unpaired) electrons. The Balaban J connectivity index is 1.92. The van der Waals surface area contributed by atoms with Crippen molar-refractivity contribution in [1.29, 1.82) is 0 Å². The number of nitrogens with one attached hydrogen (secondary N) is 1. The van der Waals surface area contributed by atoms with Gasteiger partial charge in [0.1, 0.15) is 0 Å². The summed E-state index contributed by atoms with van der Waals surface area (Å²) in [6, 6.07) is 12.7. The van der Waals surface area contributed by atoms with Gasteiger partial charge in [0.2, 0.25) is 0 Å². The first-order valence-corrected chi connectivity index (χ1v) is 8.56. The lowest BCUT2D eigenvalue weighted by Crippen LogP contribution is -2.34. The van der Waals surface area contributed by atoms with Crippen LogP contribution < -0.4 is 22.3 Å². The second kappa shape index (κ2) is 9.41. The lowest BCUT2D eigenvalue weighted by molar-refractivity contribution is 0.0938. The Bertz CT molecular complexity index is 810. The Hall–Kier alpha value is -3.09. The van der Waals surface area contributed by atoms with Crippen LogP contribution in [0.4, 0.5) is 0 Å². The van der Waals surface area contributed by atoms with Crippen molar-refractivity contribution in [3.05, 3.63) is 70.1 Å². The van der Waals surface area contributed by atoms with Crippen molar-refractivity contribution in [2.75, 3.05) is 6.54 Å². The summed E-state index contributed by atoms with van der Waals surface area (Å²) >= 11 is 0. The molecule has 7 heteroatoms. The molecular weight excluding hydrogens is 330 g/mol. The number of aliphatic imine (C=N–C) groups is 1. The number of nitrogens with zero attached hydrogens (tertiary/aromatic N) is 2. The first kappa shape index (κ1) is 19.2. The highest BCUT2D eigenvalue weighted by Crippen LogP contribution is 2.03. The Morgan fingerprint density at radius 3 is 2.62 bits per heavy atom. The van der Waals surface area contributed by atoms with Gasteiger partial charge in [0.25, 0.3) is 11.5 Å². The molecule has 7 nitrogen and oxygen atoms in total. The van der Waals surface area contributed by atoms with E-state index < -0.39 is 0 Å². The van der Waals surface area contributed by atoms with Crippen molar-refractivity contribution in [2.24, 2.45) is 16.5 Å². The Morgan fingerprint density at radius 2 is 1.96 bits per heavy atom. The van der Waals surface area contributed by atoms with Crippen LogP contribution >= 0.6 is 0 Å². The number of carbonyl (C=O) groups excluding carboxylic acids is 1. The quantitative estimate of drug-likeness (QED) is 0.373. The number of benzene rings is 1. The van der Waals surface area contributed by atoms with E-state index in [4.69, 9.17) is 11.5 Å². The first-order valence-electron chi connectivity index (χ1n) is 8.56. The van der Waals surface area contributed by atoms with Crippen LogP contribution in [0.25, 0.3) is 0 Å². The molecule has 1 unspecified atom stereocenters. The van der Waals surface area contributed by atoms with Crippen LogP contribution in [0, 0.1) is 0 Å². The summed E-state index contributed by atoms with van der Waals surface area (Å²) in [5, 5.41) is 2.88. The van der Waals surface area contributed by atoms with Crippen LogP contribution in [0.1, 0.15) is 35.7 Å². The van der Waals surface area contributed by atoms with Gasteiger partial charge in [-0.25, -0.2) is 0 Å². The van der Waals surface area contributed by atoms with E-state index in [0.717, 1.165) is 18.4 Å². The average molecular weight is 355 g/mol. The molecule has 0 aliphatic heterocycles. The summed E-state index contributed by atoms with van der Waals surface area (Å²) in [5.41, 5.74) is 11.7. The van der Waals surface area contributed by atoms with Crippen molar-refractivity contribution >= 4 is 11.9 Å². The maximum Gasteiger partial charge on any atom is 0.251 e. The van der Waals surface area contributed by atoms with E-state index in [0.29, 0.717) is 18.7 Å². The molecule has 0 saturated carbocycles. The van der Waals surface area contributed by atoms with Gasteiger partial charge in [0.15, 0.2) is 5.96 Å². The van der Waals surface area contributed by atoms with Crippen molar-refractivity contribution in [3.8, 4) is 0 Å². The standard InChI is InChI=1S/C19H25N5O2/c1-14(6-5-10-22-19(20)21)23-18(26)16-9-11-24(17(25)12-16)13-15-7-3-2-4-8-15/h2-4,7-9,11-12,14H,5-6,10,13H2,1H3,(H,23,26)(H4,20,21,22). The Labute approximate surface area is 152 Å². The minimum absolute atomic E-state index is 0.0385. The van der Waals surface area contributed by atoms with E-state index in [-0.39, 0.29) is 23.5 Å². The fraction of sp³-hybridized carbons (Fsp3) is 0.316. The second-order valence-electron chi connectivity index (χ2n) is 6.19. The third-order valence-electron chi connectivity index (χ3n) is 3.92. The molecule has 26 heavy (non-hydrogen) atoms. The maximum atomic E-state index is 12.3. The normalized spacial score (nSPS) is 11.6. The molecule has 0 aliphatic carbocycles. The monoisotopic (exact) mass is 355 g/mol. The summed E-state index contributed by atoms with van der Waals surface area (Å²) in [6.07, 6.45) is 3.15. The molecule has 138 valence electrons. The molecule has 1 aromatic carbocycles. The predicted molar refractivity (Wildman–Crippen MR) is 103 cm³/mol. The van der Waals surface area contributed by atoms with Crippen LogP contribution in [0.3, 0.4) is 0 Å². The lowest BCUT2D eigenvalue weighted by Gasteiger charge is -2.14. The summed E-state index contributed by atoms with van der Waals surface area (Å²) in [6.45, 7) is 2.91. The highest BCUT2D eigenvalue weighted by atomic mass is 16.2. The molecule has 1 atom stereocenters. The minimum atomic E-state index is -0.261. The molecule has 0 aliphatic rings. The number of guanidine groups is 1. The second-order valence-corrected chi connectivity index (χ2v) is 6.19. The van der Waals surface area contributed by atoms with Gasteiger partial charge in [0, 0.05) is 30.4 Å². The van der Waals surface area contributed by atoms with Gasteiger partial charge in [-0.3, -0.25) is 14.6 Å². The van der Waals surface area contributed by atoms with Gasteiger partial charge in [0.05, 0.1) is 6.54 Å². The fourth-order valence-electron chi connectivity index (χ4n) is 2.54. The van der Waals surface area contributed by atoms with Gasteiger partial charge in [-0.1, -0.05) is 30.3 Å². The molecular formula is C19H25N5O2. The lowest BCUT2D eigenvalue weighted by atomic mass is 10.1. The zero-order valence-electron chi connectivity index (χ0n) is 14.9. The average Bonchev–Trinajstić information content (AvgIpc) is 2.61. The molecule has 5 N–H and O–H groups in total. The highest BCUT2D eigenvalue weighted by molar-refractivity contribution is 5.94. The molecule has 0 bridgehead atoms. The third kappa shape index (κ3) is 6.08. The smallest absolute Gasteiger partial charge is 0.251 e. The number of hydrogen-bond donors (Lipinski definition) is 3. The largest absolute Gasteiger partial charge is 0.370 e. The number of nitrogens with two attached hydrogens (primary N) is 2. The number of amides is 1. The Kier molecular flexibility index (Phi) is 6.96. The molecule has 1 aromatic heterocycles. The Morgan fingerprint density at radius 1 is 1.23 bits per heavy atom. The summed E-state index contributed by atoms with van der Waals surface area (Å²) in [5.74, 6) is -0.193. The van der Waals surface area contributed by atoms with Gasteiger partial charge < -0.3 is 21.4 Å². The van der Waals surface area contributed by atoms with E-state index in [2.05, 4.69) is 10.3 Å². The highest BCUT2D eigenvalue weighted by Gasteiger charge is 2.11. The van der Waals surface area contributed by atoms with Crippen LogP contribution in [0.5, 0.6) is 0 Å². The van der Waals surface area contributed by atoms with Crippen molar-refractivity contribution in [1.82, 2.24) is 9.88 Å². The van der Waals surface area contributed by atoms with Gasteiger partial charge in [-0.05, 0) is 31.4 Å². The minimum Gasteiger partial charge on any atom is -0.370 e. The molecule has 0 spiro atoms. The maximum absolute atomic E-state index is 12.3. The van der Waals surface area contributed by atoms with Gasteiger partial charge in [-0.15, -0.1) is 0 Å². The van der Waals surface area contributed by atoms with Gasteiger partial charge in [-0.2, -0.15) is 0 Å². The van der Waals surface area contributed by atoms with Crippen molar-refractivity contribution in [3.63, 3.8) is 0 Å². The number of pyridine rings is 1. The molecule has 0 saturated heterocycles. The van der Waals surface area contributed by atoms with E-state index in [1.807, 2.05) is 37.3 Å². The summed E-state index contributed by atoms with van der Waals surface area (Å²) in [7, 11) is 0. The van der Waals surface area contributed by atoms with Crippen molar-refractivity contribution < 1.29 is 4.79 Å². The van der Waals surface area contributed by atoms with Crippen molar-refractivity contribution in [2.45, 2.75) is 32.4 Å². The van der Waals surface area contributed by atoms with Crippen LogP contribution in [0.15, 0.2) is 58.4 Å². The van der Waals surface area contributed by atoms with E-state index >= 15 is 0 Å². The number of rotatable bonds is 8. The number of hydrogen-bond acceptors (Lipinski definition) is 3. The summed E-state index contributed by atoms with van der Waals surface area (Å²) in [4.78, 5) is 28.4. The summed E-state index contributed by atoms with van der Waals surface area (Å²) < 4.78 is 1.57. The van der Waals surface area contributed by atoms with Crippen LogP contribution in [0.2, 0.25) is 0 Å². The number of carbonyl (C=O) groups is 1. The molecule has 1 heterocycles. The third-order valence-corrected chi connectivity index (χ3v) is 3.92. The first-order chi connectivity index (χ1) is 12.5. The van der Waals surface area contributed by atoms with Crippen LogP contribution in [-0.2, 0) is 6.54 Å². The molecule has 1 amide bonds.